The van der Waals surface area contributed by atoms with E-state index in [9.17, 15) is 0 Å². The Labute approximate surface area is 121 Å². The molecular formula is C17H23N3. The smallest absolute Gasteiger partial charge is 0.0518 e. The molecule has 1 atom stereocenters. The van der Waals surface area contributed by atoms with E-state index in [-0.39, 0.29) is 6.04 Å². The highest BCUT2D eigenvalue weighted by atomic mass is 15.2. The number of pyridine rings is 1. The minimum atomic E-state index is 0.0931. The molecule has 3 nitrogen and oxygen atoms in total. The normalized spacial score (nSPS) is 12.4. The predicted octanol–water partition coefficient (Wildman–Crippen LogP) is 3.01. The highest BCUT2D eigenvalue weighted by molar-refractivity contribution is 5.29. The second kappa shape index (κ2) is 6.64. The molecule has 20 heavy (non-hydrogen) atoms. The fraction of sp³-hybridized carbons (Fsp3) is 0.353. The van der Waals surface area contributed by atoms with Crippen LogP contribution in [0.4, 0.5) is 0 Å². The third-order valence-electron chi connectivity index (χ3n) is 3.71. The van der Waals surface area contributed by atoms with Crippen LogP contribution in [-0.2, 0) is 12.8 Å². The zero-order chi connectivity index (χ0) is 14.5. The third-order valence-corrected chi connectivity index (χ3v) is 3.71. The SMILES string of the molecule is CCc1ccc(CC(NN)c2ccc(C)nc2C)cc1. The summed E-state index contributed by atoms with van der Waals surface area (Å²) in [5.74, 6) is 5.74. The minimum Gasteiger partial charge on any atom is -0.271 e. The second-order valence-electron chi connectivity index (χ2n) is 5.22. The van der Waals surface area contributed by atoms with E-state index in [0.717, 1.165) is 29.8 Å². The number of rotatable bonds is 5. The summed E-state index contributed by atoms with van der Waals surface area (Å²) >= 11 is 0. The largest absolute Gasteiger partial charge is 0.271 e. The van der Waals surface area contributed by atoms with E-state index >= 15 is 0 Å². The maximum absolute atomic E-state index is 5.74. The molecule has 0 radical (unpaired) electrons. The molecule has 106 valence electrons. The Morgan fingerprint density at radius 1 is 1.05 bits per heavy atom. The highest BCUT2D eigenvalue weighted by Gasteiger charge is 2.13. The Morgan fingerprint density at radius 2 is 1.70 bits per heavy atom. The molecule has 2 rings (SSSR count). The molecule has 0 aliphatic heterocycles. The minimum absolute atomic E-state index is 0.0931. The third kappa shape index (κ3) is 3.44. The molecule has 3 N–H and O–H groups in total. The summed E-state index contributed by atoms with van der Waals surface area (Å²) in [7, 11) is 0. The van der Waals surface area contributed by atoms with Crippen LogP contribution in [0.1, 0.15) is 41.0 Å². The Balaban J connectivity index is 2.19. The van der Waals surface area contributed by atoms with Gasteiger partial charge in [-0.2, -0.15) is 0 Å². The Kier molecular flexibility index (Phi) is 4.88. The molecule has 0 saturated carbocycles. The topological polar surface area (TPSA) is 50.9 Å². The number of benzene rings is 1. The summed E-state index contributed by atoms with van der Waals surface area (Å²) in [4.78, 5) is 4.52. The lowest BCUT2D eigenvalue weighted by atomic mass is 9.97. The van der Waals surface area contributed by atoms with Gasteiger partial charge in [0.15, 0.2) is 0 Å². The van der Waals surface area contributed by atoms with Crippen molar-refractivity contribution < 1.29 is 0 Å². The van der Waals surface area contributed by atoms with Crippen LogP contribution in [0.3, 0.4) is 0 Å². The number of hydrogen-bond acceptors (Lipinski definition) is 3. The average Bonchev–Trinajstić information content (AvgIpc) is 2.46. The highest BCUT2D eigenvalue weighted by Crippen LogP contribution is 2.21. The summed E-state index contributed by atoms with van der Waals surface area (Å²) in [6.07, 6.45) is 1.94. The number of nitrogens with two attached hydrogens (primary N) is 1. The van der Waals surface area contributed by atoms with E-state index in [1.165, 1.54) is 11.1 Å². The van der Waals surface area contributed by atoms with Crippen LogP contribution in [0, 0.1) is 13.8 Å². The van der Waals surface area contributed by atoms with Crippen molar-refractivity contribution >= 4 is 0 Å². The molecular weight excluding hydrogens is 246 g/mol. The van der Waals surface area contributed by atoms with Gasteiger partial charge in [-0.3, -0.25) is 16.3 Å². The van der Waals surface area contributed by atoms with Crippen LogP contribution >= 0.6 is 0 Å². The predicted molar refractivity (Wildman–Crippen MR) is 83.3 cm³/mol. The molecule has 1 aromatic heterocycles. The van der Waals surface area contributed by atoms with E-state index in [2.05, 4.69) is 47.7 Å². The van der Waals surface area contributed by atoms with Crippen molar-refractivity contribution in [3.8, 4) is 0 Å². The van der Waals surface area contributed by atoms with Crippen LogP contribution in [0.5, 0.6) is 0 Å². The monoisotopic (exact) mass is 269 g/mol. The molecule has 0 spiro atoms. The molecule has 3 heteroatoms. The Hall–Kier alpha value is -1.71. The molecule has 0 bridgehead atoms. The van der Waals surface area contributed by atoms with E-state index in [4.69, 9.17) is 5.84 Å². The van der Waals surface area contributed by atoms with Crippen molar-refractivity contribution in [1.82, 2.24) is 10.4 Å². The molecule has 1 aromatic carbocycles. The van der Waals surface area contributed by atoms with E-state index in [1.807, 2.05) is 19.9 Å². The first-order valence-corrected chi connectivity index (χ1v) is 7.12. The summed E-state index contributed by atoms with van der Waals surface area (Å²) < 4.78 is 0. The van der Waals surface area contributed by atoms with Crippen LogP contribution in [0.2, 0.25) is 0 Å². The van der Waals surface area contributed by atoms with Crippen molar-refractivity contribution in [2.45, 2.75) is 39.7 Å². The van der Waals surface area contributed by atoms with Crippen molar-refractivity contribution in [2.75, 3.05) is 0 Å². The quantitative estimate of drug-likeness (QED) is 0.648. The fourth-order valence-corrected chi connectivity index (χ4v) is 2.47. The number of hydrogen-bond donors (Lipinski definition) is 2. The number of nitrogens with zero attached hydrogens (tertiary/aromatic N) is 1. The van der Waals surface area contributed by atoms with Crippen LogP contribution in [0.15, 0.2) is 36.4 Å². The van der Waals surface area contributed by atoms with Gasteiger partial charge in [0.2, 0.25) is 0 Å². The number of aryl methyl sites for hydroxylation is 3. The van der Waals surface area contributed by atoms with E-state index in [0.29, 0.717) is 0 Å². The van der Waals surface area contributed by atoms with Gasteiger partial charge in [0.05, 0.1) is 6.04 Å². The lowest BCUT2D eigenvalue weighted by Crippen LogP contribution is -2.30. The average molecular weight is 269 g/mol. The first kappa shape index (κ1) is 14.7. The molecule has 1 unspecified atom stereocenters. The zero-order valence-corrected chi connectivity index (χ0v) is 12.5. The van der Waals surface area contributed by atoms with Crippen molar-refractivity contribution in [3.05, 3.63) is 64.5 Å². The molecule has 0 amide bonds. The van der Waals surface area contributed by atoms with Crippen molar-refractivity contribution in [2.24, 2.45) is 5.84 Å². The summed E-state index contributed by atoms with van der Waals surface area (Å²) in [6.45, 7) is 6.21. The zero-order valence-electron chi connectivity index (χ0n) is 12.5. The molecule has 0 aliphatic rings. The van der Waals surface area contributed by atoms with Gasteiger partial charge in [-0.25, -0.2) is 0 Å². The molecule has 1 heterocycles. The van der Waals surface area contributed by atoms with Gasteiger partial charge in [-0.05, 0) is 49.4 Å². The molecule has 0 fully saturated rings. The van der Waals surface area contributed by atoms with Gasteiger partial charge in [0.1, 0.15) is 0 Å². The Morgan fingerprint density at radius 3 is 2.25 bits per heavy atom. The first-order valence-electron chi connectivity index (χ1n) is 7.12. The number of aromatic nitrogens is 1. The second-order valence-corrected chi connectivity index (χ2v) is 5.22. The van der Waals surface area contributed by atoms with Gasteiger partial charge < -0.3 is 0 Å². The van der Waals surface area contributed by atoms with E-state index < -0.39 is 0 Å². The lowest BCUT2D eigenvalue weighted by Gasteiger charge is -2.18. The first-order chi connectivity index (χ1) is 9.63. The standard InChI is InChI=1S/C17H23N3/c1-4-14-6-8-15(9-7-14)11-17(20-18)16-10-5-12(2)19-13(16)3/h5-10,17,20H,4,11,18H2,1-3H3. The summed E-state index contributed by atoms with van der Waals surface area (Å²) in [5.41, 5.74) is 8.80. The lowest BCUT2D eigenvalue weighted by molar-refractivity contribution is 0.546. The van der Waals surface area contributed by atoms with Gasteiger partial charge in [0, 0.05) is 11.4 Å². The summed E-state index contributed by atoms with van der Waals surface area (Å²) in [6, 6.07) is 13.0. The van der Waals surface area contributed by atoms with Gasteiger partial charge in [-0.1, -0.05) is 37.3 Å². The molecule has 0 saturated heterocycles. The van der Waals surface area contributed by atoms with Crippen molar-refractivity contribution in [3.63, 3.8) is 0 Å². The van der Waals surface area contributed by atoms with Crippen molar-refractivity contribution in [1.29, 1.82) is 0 Å². The Bertz CT molecular complexity index is 561. The van der Waals surface area contributed by atoms with Crippen LogP contribution in [0.25, 0.3) is 0 Å². The van der Waals surface area contributed by atoms with Crippen LogP contribution in [-0.4, -0.2) is 4.98 Å². The maximum Gasteiger partial charge on any atom is 0.0518 e. The number of nitrogens with one attached hydrogen (secondary N) is 1. The summed E-state index contributed by atoms with van der Waals surface area (Å²) in [5, 5.41) is 0. The van der Waals surface area contributed by atoms with Gasteiger partial charge in [0.25, 0.3) is 0 Å². The van der Waals surface area contributed by atoms with Crippen LogP contribution < -0.4 is 11.3 Å². The van der Waals surface area contributed by atoms with E-state index in [1.54, 1.807) is 0 Å². The number of hydrazine groups is 1. The fourth-order valence-electron chi connectivity index (χ4n) is 2.47. The van der Waals surface area contributed by atoms with Gasteiger partial charge in [-0.15, -0.1) is 0 Å². The molecule has 2 aromatic rings. The maximum atomic E-state index is 5.74. The van der Waals surface area contributed by atoms with Gasteiger partial charge >= 0.3 is 0 Å². The molecule has 0 aliphatic carbocycles.